The molecule has 7 nitrogen and oxygen atoms in total. The molecule has 0 fully saturated rings. The molecule has 110 valence electrons. The molecule has 1 aliphatic heterocycles. The van der Waals surface area contributed by atoms with Gasteiger partial charge in [0.1, 0.15) is 23.7 Å². The minimum atomic E-state index is -0.413. The van der Waals surface area contributed by atoms with E-state index in [-0.39, 0.29) is 22.1 Å². The Hall–Kier alpha value is -3.49. The number of aromatic nitrogens is 2. The van der Waals surface area contributed by atoms with Crippen LogP contribution in [-0.2, 0) is 0 Å². The van der Waals surface area contributed by atoms with Crippen LogP contribution in [0.3, 0.4) is 0 Å². The zero-order valence-corrected chi connectivity index (χ0v) is 12.4. The number of fused-ring (bicyclic) bond motifs is 1. The molecule has 1 aromatic carbocycles. The maximum Gasteiger partial charge on any atom is 0.268 e. The van der Waals surface area contributed by atoms with Crippen LogP contribution < -0.4 is 15.8 Å². The minimum absolute atomic E-state index is 0.166. The second-order valence-corrected chi connectivity index (χ2v) is 4.91. The quantitative estimate of drug-likeness (QED) is 0.606. The summed E-state index contributed by atoms with van der Waals surface area (Å²) in [5, 5.41) is 21.3. The molecule has 0 aliphatic carbocycles. The first-order chi connectivity index (χ1) is 11.2. The number of benzene rings is 1. The lowest BCUT2D eigenvalue weighted by atomic mass is 10.1. The number of hydrogen-bond donors (Lipinski definition) is 2. The highest BCUT2D eigenvalue weighted by atomic mass is 32.1. The summed E-state index contributed by atoms with van der Waals surface area (Å²) in [7, 11) is 0. The molecule has 0 radical (unpaired) electrons. The number of thiocarbonyl (C=S) groups is 1. The maximum atomic E-state index is 11.7. The van der Waals surface area contributed by atoms with E-state index in [1.54, 1.807) is 17.0 Å². The zero-order valence-electron chi connectivity index (χ0n) is 11.6. The Labute approximate surface area is 136 Å². The smallest absolute Gasteiger partial charge is 0.268 e. The number of nitrogens with zero attached hydrogens (tertiary/aromatic N) is 4. The molecule has 1 aromatic heterocycles. The van der Waals surface area contributed by atoms with Gasteiger partial charge in [-0.1, -0.05) is 18.2 Å². The standard InChI is InChI=1S/C15H8N6OS/c16-6-9(7-17)12-13-14(19-11(22)8-18-13)21(15(23)20-12)10-4-2-1-3-5-10/h1-5,8H,(H,19,22)(H,20,23). The average molecular weight is 320 g/mol. The van der Waals surface area contributed by atoms with Crippen LogP contribution in [0.2, 0.25) is 0 Å². The van der Waals surface area contributed by atoms with Crippen molar-refractivity contribution in [2.24, 2.45) is 0 Å². The van der Waals surface area contributed by atoms with Crippen LogP contribution in [0.1, 0.15) is 5.69 Å². The van der Waals surface area contributed by atoms with Crippen molar-refractivity contribution in [2.75, 3.05) is 4.90 Å². The maximum absolute atomic E-state index is 11.7. The van der Waals surface area contributed by atoms with Crippen molar-refractivity contribution in [3.8, 4) is 12.1 Å². The normalized spacial score (nSPS) is 12.7. The van der Waals surface area contributed by atoms with Crippen molar-refractivity contribution < 1.29 is 0 Å². The van der Waals surface area contributed by atoms with Gasteiger partial charge in [-0.25, -0.2) is 4.98 Å². The highest BCUT2D eigenvalue weighted by molar-refractivity contribution is 7.80. The Morgan fingerprint density at radius 2 is 1.91 bits per heavy atom. The number of aromatic amines is 1. The number of nitrogens with one attached hydrogen (secondary N) is 2. The molecule has 0 saturated carbocycles. The van der Waals surface area contributed by atoms with Gasteiger partial charge < -0.3 is 10.3 Å². The predicted molar refractivity (Wildman–Crippen MR) is 87.3 cm³/mol. The molecule has 1 aliphatic rings. The van der Waals surface area contributed by atoms with Crippen molar-refractivity contribution in [1.29, 1.82) is 10.5 Å². The zero-order chi connectivity index (χ0) is 16.4. The van der Waals surface area contributed by atoms with E-state index in [4.69, 9.17) is 22.7 Å². The molecular weight excluding hydrogens is 312 g/mol. The van der Waals surface area contributed by atoms with Crippen LogP contribution in [-0.4, -0.2) is 15.1 Å². The third-order valence-corrected chi connectivity index (χ3v) is 3.44. The van der Waals surface area contributed by atoms with Crippen molar-refractivity contribution in [3.63, 3.8) is 0 Å². The Morgan fingerprint density at radius 3 is 2.57 bits per heavy atom. The van der Waals surface area contributed by atoms with Gasteiger partial charge in [0.05, 0.1) is 11.9 Å². The fourth-order valence-electron chi connectivity index (χ4n) is 2.20. The van der Waals surface area contributed by atoms with Gasteiger partial charge in [0.25, 0.3) is 5.56 Å². The summed E-state index contributed by atoms with van der Waals surface area (Å²) in [5.74, 6) is 0.311. The van der Waals surface area contributed by atoms with E-state index >= 15 is 0 Å². The number of rotatable bonds is 1. The largest absolute Gasteiger partial charge is 0.328 e. The fourth-order valence-corrected chi connectivity index (χ4v) is 2.50. The Bertz CT molecular complexity index is 948. The minimum Gasteiger partial charge on any atom is -0.328 e. The predicted octanol–water partition coefficient (Wildman–Crippen LogP) is 1.55. The molecule has 8 heteroatoms. The summed E-state index contributed by atoms with van der Waals surface area (Å²) < 4.78 is 0. The van der Waals surface area contributed by atoms with Gasteiger partial charge >= 0.3 is 0 Å². The Kier molecular flexibility index (Phi) is 3.59. The summed E-state index contributed by atoms with van der Waals surface area (Å²) in [6.45, 7) is 0. The summed E-state index contributed by atoms with van der Waals surface area (Å²) >= 11 is 5.33. The Balaban J connectivity index is 2.31. The first kappa shape index (κ1) is 14.4. The SMILES string of the molecule is N#CC(C#N)=C1NC(=S)N(c2ccccc2)c2[nH]c(=O)cnc21. The van der Waals surface area contributed by atoms with Gasteiger partial charge in [0.15, 0.2) is 10.7 Å². The molecule has 0 atom stereocenters. The van der Waals surface area contributed by atoms with Crippen molar-refractivity contribution in [3.05, 3.63) is 58.1 Å². The molecule has 3 rings (SSSR count). The number of anilines is 2. The van der Waals surface area contributed by atoms with E-state index in [0.717, 1.165) is 6.20 Å². The Morgan fingerprint density at radius 1 is 1.22 bits per heavy atom. The van der Waals surface area contributed by atoms with E-state index in [9.17, 15) is 4.79 Å². The van der Waals surface area contributed by atoms with E-state index in [1.807, 2.05) is 30.3 Å². The van der Waals surface area contributed by atoms with Gasteiger partial charge in [-0.2, -0.15) is 10.5 Å². The molecule has 0 amide bonds. The molecule has 2 N–H and O–H groups in total. The highest BCUT2D eigenvalue weighted by Crippen LogP contribution is 2.33. The highest BCUT2D eigenvalue weighted by Gasteiger charge is 2.30. The number of nitriles is 2. The summed E-state index contributed by atoms with van der Waals surface area (Å²) in [6, 6.07) is 12.7. The van der Waals surface area contributed by atoms with E-state index in [1.165, 1.54) is 0 Å². The van der Waals surface area contributed by atoms with Gasteiger partial charge in [-0.05, 0) is 24.4 Å². The van der Waals surface area contributed by atoms with Crippen LogP contribution >= 0.6 is 12.2 Å². The number of para-hydroxylation sites is 1. The molecule has 23 heavy (non-hydrogen) atoms. The third-order valence-electron chi connectivity index (χ3n) is 3.16. The molecule has 0 bridgehead atoms. The average Bonchev–Trinajstić information content (AvgIpc) is 2.56. The molecular formula is C15H8N6OS. The van der Waals surface area contributed by atoms with E-state index in [2.05, 4.69) is 15.3 Å². The van der Waals surface area contributed by atoms with Crippen LogP contribution in [0.25, 0.3) is 5.70 Å². The lowest BCUT2D eigenvalue weighted by Gasteiger charge is -2.32. The van der Waals surface area contributed by atoms with Crippen molar-refractivity contribution in [2.45, 2.75) is 0 Å². The van der Waals surface area contributed by atoms with Crippen LogP contribution in [0.4, 0.5) is 11.5 Å². The summed E-state index contributed by atoms with van der Waals surface area (Å²) in [6.07, 6.45) is 1.09. The number of allylic oxidation sites excluding steroid dienone is 1. The first-order valence-corrected chi connectivity index (χ1v) is 6.87. The van der Waals surface area contributed by atoms with Crippen LogP contribution in [0, 0.1) is 22.7 Å². The van der Waals surface area contributed by atoms with Crippen LogP contribution in [0.5, 0.6) is 0 Å². The van der Waals surface area contributed by atoms with Gasteiger partial charge in [0, 0.05) is 5.69 Å². The molecule has 2 heterocycles. The summed E-state index contributed by atoms with van der Waals surface area (Å²) in [4.78, 5) is 20.0. The van der Waals surface area contributed by atoms with E-state index < -0.39 is 5.56 Å². The monoisotopic (exact) mass is 320 g/mol. The van der Waals surface area contributed by atoms with E-state index in [0.29, 0.717) is 11.5 Å². The van der Waals surface area contributed by atoms with Crippen molar-refractivity contribution in [1.82, 2.24) is 15.3 Å². The topological polar surface area (TPSA) is 109 Å². The lowest BCUT2D eigenvalue weighted by molar-refractivity contribution is 1.02. The lowest BCUT2D eigenvalue weighted by Crippen LogP contribution is -2.42. The van der Waals surface area contributed by atoms with Gasteiger partial charge in [-0.15, -0.1) is 0 Å². The van der Waals surface area contributed by atoms with Gasteiger partial charge in [0.2, 0.25) is 0 Å². The second-order valence-electron chi connectivity index (χ2n) is 4.52. The van der Waals surface area contributed by atoms with Crippen molar-refractivity contribution >= 4 is 34.5 Å². The molecule has 0 spiro atoms. The molecule has 0 saturated heterocycles. The number of hydrogen-bond acceptors (Lipinski definition) is 5. The molecule has 2 aromatic rings. The fraction of sp³-hybridized carbons (Fsp3) is 0. The second kappa shape index (κ2) is 5.72. The summed E-state index contributed by atoms with van der Waals surface area (Å²) in [5.41, 5.74) is 0.591. The van der Waals surface area contributed by atoms with Gasteiger partial charge in [-0.3, -0.25) is 9.69 Å². The van der Waals surface area contributed by atoms with Crippen LogP contribution in [0.15, 0.2) is 46.9 Å². The molecule has 0 unspecified atom stereocenters. The third kappa shape index (κ3) is 2.44. The first-order valence-electron chi connectivity index (χ1n) is 6.46. The number of H-pyrrole nitrogens is 1.